The van der Waals surface area contributed by atoms with Crippen molar-refractivity contribution in [2.75, 3.05) is 26.2 Å². The molecule has 0 radical (unpaired) electrons. The van der Waals surface area contributed by atoms with Gasteiger partial charge in [-0.3, -0.25) is 4.90 Å². The van der Waals surface area contributed by atoms with Gasteiger partial charge in [0.2, 0.25) is 10.0 Å². The zero-order valence-electron chi connectivity index (χ0n) is 11.8. The van der Waals surface area contributed by atoms with E-state index in [0.29, 0.717) is 35.0 Å². The molecule has 0 spiro atoms. The first-order valence-electron chi connectivity index (χ1n) is 7.25. The third-order valence-electron chi connectivity index (χ3n) is 4.40. The second-order valence-electron chi connectivity index (χ2n) is 5.66. The second-order valence-corrected chi connectivity index (χ2v) is 8.42. The van der Waals surface area contributed by atoms with Crippen LogP contribution in [0.15, 0.2) is 27.6 Å². The molecule has 0 aliphatic carbocycles. The van der Waals surface area contributed by atoms with Gasteiger partial charge in [-0.2, -0.15) is 4.31 Å². The Morgan fingerprint density at radius 2 is 2.10 bits per heavy atom. The largest absolute Gasteiger partial charge is 0.326 e. The standard InChI is InChI=1S/C14H20BrN3O2S/c15-13-4-3-11(9-16)8-14(13)21(19,20)18-7-6-17-5-1-2-12(17)10-18/h3-4,8,12H,1-2,5-7,9-10,16H2. The number of rotatable bonds is 3. The van der Waals surface area contributed by atoms with Crippen LogP contribution in [0.3, 0.4) is 0 Å². The van der Waals surface area contributed by atoms with Crippen LogP contribution in [0, 0.1) is 0 Å². The monoisotopic (exact) mass is 373 g/mol. The number of nitrogens with zero attached hydrogens (tertiary/aromatic N) is 2. The number of halogens is 1. The fourth-order valence-electron chi connectivity index (χ4n) is 3.19. The van der Waals surface area contributed by atoms with E-state index in [2.05, 4.69) is 20.8 Å². The van der Waals surface area contributed by atoms with Crippen molar-refractivity contribution in [3.05, 3.63) is 28.2 Å². The van der Waals surface area contributed by atoms with E-state index in [9.17, 15) is 8.42 Å². The molecular weight excluding hydrogens is 354 g/mol. The Morgan fingerprint density at radius 3 is 2.86 bits per heavy atom. The molecule has 2 heterocycles. The van der Waals surface area contributed by atoms with Gasteiger partial charge >= 0.3 is 0 Å². The van der Waals surface area contributed by atoms with Gasteiger partial charge < -0.3 is 5.73 Å². The number of fused-ring (bicyclic) bond motifs is 1. The summed E-state index contributed by atoms with van der Waals surface area (Å²) in [6, 6.07) is 5.67. The van der Waals surface area contributed by atoms with Gasteiger partial charge in [0.15, 0.2) is 0 Å². The van der Waals surface area contributed by atoms with Gasteiger partial charge in [-0.25, -0.2) is 8.42 Å². The van der Waals surface area contributed by atoms with E-state index in [0.717, 1.165) is 25.1 Å². The molecule has 21 heavy (non-hydrogen) atoms. The summed E-state index contributed by atoms with van der Waals surface area (Å²) in [4.78, 5) is 2.73. The van der Waals surface area contributed by atoms with Crippen molar-refractivity contribution >= 4 is 26.0 Å². The van der Waals surface area contributed by atoms with E-state index >= 15 is 0 Å². The van der Waals surface area contributed by atoms with Crippen LogP contribution in [0.5, 0.6) is 0 Å². The maximum absolute atomic E-state index is 12.9. The summed E-state index contributed by atoms with van der Waals surface area (Å²) in [6.07, 6.45) is 2.26. The van der Waals surface area contributed by atoms with Crippen LogP contribution in [0.2, 0.25) is 0 Å². The maximum Gasteiger partial charge on any atom is 0.244 e. The van der Waals surface area contributed by atoms with Crippen LogP contribution in [-0.4, -0.2) is 49.8 Å². The Labute approximate surface area is 134 Å². The van der Waals surface area contributed by atoms with Crippen LogP contribution in [0.25, 0.3) is 0 Å². The minimum absolute atomic E-state index is 0.330. The fraction of sp³-hybridized carbons (Fsp3) is 0.571. The molecule has 7 heteroatoms. The average molecular weight is 374 g/mol. The van der Waals surface area contributed by atoms with Crippen molar-refractivity contribution in [2.45, 2.75) is 30.3 Å². The first-order valence-corrected chi connectivity index (χ1v) is 9.48. The maximum atomic E-state index is 12.9. The van der Waals surface area contributed by atoms with Crippen molar-refractivity contribution in [3.8, 4) is 0 Å². The lowest BCUT2D eigenvalue weighted by atomic mass is 10.2. The number of nitrogens with two attached hydrogens (primary N) is 1. The SMILES string of the molecule is NCc1ccc(Br)c(S(=O)(=O)N2CCN3CCCC3C2)c1. The van der Waals surface area contributed by atoms with Crippen LogP contribution in [0.4, 0.5) is 0 Å². The fourth-order valence-corrected chi connectivity index (χ4v) is 5.64. The van der Waals surface area contributed by atoms with Crippen molar-refractivity contribution < 1.29 is 8.42 Å². The van der Waals surface area contributed by atoms with Crippen molar-refractivity contribution in [3.63, 3.8) is 0 Å². The molecule has 2 saturated heterocycles. The molecule has 3 rings (SSSR count). The van der Waals surface area contributed by atoms with Gasteiger partial charge in [-0.05, 0) is 53.0 Å². The average Bonchev–Trinajstić information content (AvgIpc) is 2.95. The molecule has 0 saturated carbocycles. The predicted molar refractivity (Wildman–Crippen MR) is 85.4 cm³/mol. The lowest BCUT2D eigenvalue weighted by molar-refractivity contribution is 0.158. The number of hydrogen-bond donors (Lipinski definition) is 1. The number of piperazine rings is 1. The van der Waals surface area contributed by atoms with E-state index in [1.165, 1.54) is 6.42 Å². The molecule has 1 atom stereocenters. The summed E-state index contributed by atoms with van der Waals surface area (Å²) < 4.78 is 28.0. The Balaban J connectivity index is 1.90. The Morgan fingerprint density at radius 1 is 1.29 bits per heavy atom. The molecule has 2 fully saturated rings. The first kappa shape index (κ1) is 15.4. The summed E-state index contributed by atoms with van der Waals surface area (Å²) >= 11 is 3.36. The van der Waals surface area contributed by atoms with Gasteiger partial charge in [0.25, 0.3) is 0 Å². The minimum Gasteiger partial charge on any atom is -0.326 e. The number of hydrogen-bond acceptors (Lipinski definition) is 4. The minimum atomic E-state index is -3.46. The van der Waals surface area contributed by atoms with E-state index < -0.39 is 10.0 Å². The van der Waals surface area contributed by atoms with Gasteiger partial charge in [-0.15, -0.1) is 0 Å². The van der Waals surface area contributed by atoms with Crippen LogP contribution >= 0.6 is 15.9 Å². The molecule has 0 bridgehead atoms. The predicted octanol–water partition coefficient (Wildman–Crippen LogP) is 1.38. The molecule has 2 aliphatic rings. The lowest BCUT2D eigenvalue weighted by Gasteiger charge is -2.36. The zero-order chi connectivity index (χ0) is 15.0. The van der Waals surface area contributed by atoms with Crippen molar-refractivity contribution in [2.24, 2.45) is 5.73 Å². The van der Waals surface area contributed by atoms with Gasteiger partial charge in [-0.1, -0.05) is 6.07 Å². The van der Waals surface area contributed by atoms with E-state index in [1.54, 1.807) is 16.4 Å². The highest BCUT2D eigenvalue weighted by Gasteiger charge is 2.36. The topological polar surface area (TPSA) is 66.6 Å². The second kappa shape index (κ2) is 5.96. The normalized spacial score (nSPS) is 24.2. The molecule has 2 N–H and O–H groups in total. The van der Waals surface area contributed by atoms with E-state index in [1.807, 2.05) is 6.07 Å². The van der Waals surface area contributed by atoms with Crippen molar-refractivity contribution in [1.29, 1.82) is 0 Å². The molecule has 0 amide bonds. The Hall–Kier alpha value is -0.470. The Kier molecular flexibility index (Phi) is 4.38. The molecule has 0 aromatic heterocycles. The molecule has 1 aromatic rings. The molecule has 2 aliphatic heterocycles. The quantitative estimate of drug-likeness (QED) is 0.868. The summed E-state index contributed by atoms with van der Waals surface area (Å²) in [5, 5.41) is 0. The summed E-state index contributed by atoms with van der Waals surface area (Å²) in [5.74, 6) is 0. The van der Waals surface area contributed by atoms with Gasteiger partial charge in [0.05, 0.1) is 4.90 Å². The third kappa shape index (κ3) is 2.90. The summed E-state index contributed by atoms with van der Waals surface area (Å²) in [6.45, 7) is 3.44. The smallest absolute Gasteiger partial charge is 0.244 e. The molecular formula is C14H20BrN3O2S. The molecule has 1 aromatic carbocycles. The van der Waals surface area contributed by atoms with Gasteiger partial charge in [0.1, 0.15) is 0 Å². The van der Waals surface area contributed by atoms with Gasteiger partial charge in [0, 0.05) is 36.7 Å². The lowest BCUT2D eigenvalue weighted by Crippen LogP contribution is -2.51. The highest BCUT2D eigenvalue weighted by Crippen LogP contribution is 2.29. The Bertz CT molecular complexity index is 635. The molecule has 1 unspecified atom stereocenters. The summed E-state index contributed by atoms with van der Waals surface area (Å²) in [5.41, 5.74) is 6.46. The van der Waals surface area contributed by atoms with E-state index in [4.69, 9.17) is 5.73 Å². The van der Waals surface area contributed by atoms with Crippen LogP contribution < -0.4 is 5.73 Å². The third-order valence-corrected chi connectivity index (χ3v) is 7.26. The number of sulfonamides is 1. The van der Waals surface area contributed by atoms with Crippen LogP contribution in [0.1, 0.15) is 18.4 Å². The zero-order valence-corrected chi connectivity index (χ0v) is 14.2. The highest BCUT2D eigenvalue weighted by atomic mass is 79.9. The number of benzene rings is 1. The highest BCUT2D eigenvalue weighted by molar-refractivity contribution is 9.10. The first-order chi connectivity index (χ1) is 10.0. The van der Waals surface area contributed by atoms with E-state index in [-0.39, 0.29) is 0 Å². The molecule has 5 nitrogen and oxygen atoms in total. The summed E-state index contributed by atoms with van der Waals surface area (Å²) in [7, 11) is -3.46. The van der Waals surface area contributed by atoms with Crippen LogP contribution in [-0.2, 0) is 16.6 Å². The van der Waals surface area contributed by atoms with Crippen molar-refractivity contribution in [1.82, 2.24) is 9.21 Å². The molecule has 116 valence electrons.